The van der Waals surface area contributed by atoms with Crippen LogP contribution in [0.2, 0.25) is 0 Å². The lowest BCUT2D eigenvalue weighted by Gasteiger charge is -2.14. The molecule has 1 unspecified atom stereocenters. The van der Waals surface area contributed by atoms with E-state index in [0.717, 1.165) is 11.4 Å². The van der Waals surface area contributed by atoms with E-state index in [1.165, 1.54) is 16.4 Å². The number of amides is 1. The van der Waals surface area contributed by atoms with Gasteiger partial charge in [-0.3, -0.25) is 14.3 Å². The summed E-state index contributed by atoms with van der Waals surface area (Å²) >= 11 is 1.23. The summed E-state index contributed by atoms with van der Waals surface area (Å²) in [5.74, 6) is 1.81. The highest BCUT2D eigenvalue weighted by molar-refractivity contribution is 7.99. The molecular weight excluding hydrogens is 480 g/mol. The second-order valence-electron chi connectivity index (χ2n) is 8.11. The van der Waals surface area contributed by atoms with Crippen molar-refractivity contribution >= 4 is 23.4 Å². The Morgan fingerprint density at radius 2 is 1.72 bits per heavy atom. The van der Waals surface area contributed by atoms with Crippen LogP contribution in [0.4, 0.5) is 5.69 Å². The Bertz CT molecular complexity index is 1410. The molecule has 0 bridgehead atoms. The molecule has 1 atom stereocenters. The molecule has 2 aromatic heterocycles. The van der Waals surface area contributed by atoms with E-state index in [0.29, 0.717) is 22.4 Å². The van der Waals surface area contributed by atoms with Crippen LogP contribution in [0.25, 0.3) is 5.69 Å². The minimum absolute atomic E-state index is 0.0683. The third-order valence-corrected chi connectivity index (χ3v) is 6.78. The van der Waals surface area contributed by atoms with Crippen LogP contribution >= 0.6 is 11.8 Å². The molecule has 0 radical (unpaired) electrons. The van der Waals surface area contributed by atoms with Crippen molar-refractivity contribution in [1.29, 1.82) is 0 Å². The zero-order valence-electron chi connectivity index (χ0n) is 20.8. The maximum atomic E-state index is 13.0. The van der Waals surface area contributed by atoms with Crippen molar-refractivity contribution < 1.29 is 14.3 Å². The van der Waals surface area contributed by atoms with E-state index >= 15 is 0 Å². The summed E-state index contributed by atoms with van der Waals surface area (Å²) in [7, 11) is 5.22. The van der Waals surface area contributed by atoms with Crippen molar-refractivity contribution in [3.05, 3.63) is 76.5 Å². The molecule has 10 nitrogen and oxygen atoms in total. The van der Waals surface area contributed by atoms with E-state index < -0.39 is 0 Å². The summed E-state index contributed by atoms with van der Waals surface area (Å²) in [5, 5.41) is 11.8. The number of nitrogens with zero attached hydrogens (tertiary/aromatic N) is 5. The third-order valence-electron chi connectivity index (χ3n) is 5.76. The second kappa shape index (κ2) is 10.7. The number of anilines is 1. The fourth-order valence-electron chi connectivity index (χ4n) is 3.73. The van der Waals surface area contributed by atoms with Gasteiger partial charge >= 0.3 is 0 Å². The molecule has 0 fully saturated rings. The molecule has 1 N–H and O–H groups in total. The van der Waals surface area contributed by atoms with Gasteiger partial charge in [-0.05, 0) is 50.2 Å². The molecule has 0 aliphatic rings. The number of carbonyl (C=O) groups is 1. The maximum Gasteiger partial charge on any atom is 0.295 e. The highest BCUT2D eigenvalue weighted by Crippen LogP contribution is 2.25. The molecule has 4 rings (SSSR count). The van der Waals surface area contributed by atoms with Crippen LogP contribution in [-0.4, -0.2) is 42.9 Å². The SMILES string of the molecule is COc1ccc(OC(C)c2nnc(SCC(=O)Nc3c(C)n(C)n(-c4ccccc4)c3=O)n2C)cc1. The summed E-state index contributed by atoms with van der Waals surface area (Å²) in [5.41, 5.74) is 1.35. The van der Waals surface area contributed by atoms with Gasteiger partial charge in [0.15, 0.2) is 17.1 Å². The molecule has 1 amide bonds. The van der Waals surface area contributed by atoms with Gasteiger partial charge in [-0.15, -0.1) is 10.2 Å². The molecule has 2 heterocycles. The van der Waals surface area contributed by atoms with E-state index in [1.807, 2.05) is 68.6 Å². The molecule has 0 aliphatic carbocycles. The summed E-state index contributed by atoms with van der Waals surface area (Å²) in [6.07, 6.45) is -0.359. The van der Waals surface area contributed by atoms with Gasteiger partial charge in [0.1, 0.15) is 17.2 Å². The number of hydrogen-bond donors (Lipinski definition) is 1. The van der Waals surface area contributed by atoms with Crippen molar-refractivity contribution in [3.8, 4) is 17.2 Å². The van der Waals surface area contributed by atoms with Crippen LogP contribution in [-0.2, 0) is 18.9 Å². The maximum absolute atomic E-state index is 13.0. The Labute approximate surface area is 212 Å². The van der Waals surface area contributed by atoms with Gasteiger partial charge in [-0.25, -0.2) is 4.68 Å². The minimum Gasteiger partial charge on any atom is -0.497 e. The number of rotatable bonds is 9. The Hall–Kier alpha value is -3.99. The van der Waals surface area contributed by atoms with Crippen molar-refractivity contribution in [1.82, 2.24) is 24.1 Å². The smallest absolute Gasteiger partial charge is 0.295 e. The molecule has 4 aromatic rings. The monoisotopic (exact) mass is 508 g/mol. The Balaban J connectivity index is 1.40. The van der Waals surface area contributed by atoms with Crippen LogP contribution in [0, 0.1) is 6.92 Å². The number of ether oxygens (including phenoxy) is 2. The first kappa shape index (κ1) is 25.1. The summed E-state index contributed by atoms with van der Waals surface area (Å²) in [6.45, 7) is 3.67. The number of benzene rings is 2. The number of aromatic nitrogens is 5. The van der Waals surface area contributed by atoms with Crippen LogP contribution in [0.5, 0.6) is 11.5 Å². The van der Waals surface area contributed by atoms with Crippen molar-refractivity contribution in [2.24, 2.45) is 14.1 Å². The molecule has 36 heavy (non-hydrogen) atoms. The van der Waals surface area contributed by atoms with Gasteiger partial charge in [0.05, 0.1) is 24.2 Å². The van der Waals surface area contributed by atoms with Gasteiger partial charge in [0.25, 0.3) is 5.56 Å². The quantitative estimate of drug-likeness (QED) is 0.345. The molecule has 11 heteroatoms. The fraction of sp³-hybridized carbons (Fsp3) is 0.280. The molecular formula is C25H28N6O4S. The van der Waals surface area contributed by atoms with E-state index in [2.05, 4.69) is 15.5 Å². The highest BCUT2D eigenvalue weighted by Gasteiger charge is 2.20. The van der Waals surface area contributed by atoms with Crippen LogP contribution in [0.1, 0.15) is 24.5 Å². The van der Waals surface area contributed by atoms with Gasteiger partial charge in [-0.1, -0.05) is 30.0 Å². The zero-order valence-corrected chi connectivity index (χ0v) is 21.6. The standard InChI is InChI=1S/C25H28N6O4S/c1-16-22(24(33)31(30(16)4)18-9-7-6-8-10-18)26-21(32)15-36-25-28-27-23(29(25)3)17(2)35-20-13-11-19(34-5)12-14-20/h6-14,17H,15H2,1-5H3,(H,26,32). The number of hydrogen-bond acceptors (Lipinski definition) is 7. The average molecular weight is 509 g/mol. The summed E-state index contributed by atoms with van der Waals surface area (Å²) < 4.78 is 16.2. The van der Waals surface area contributed by atoms with Gasteiger partial charge in [0.2, 0.25) is 5.91 Å². The van der Waals surface area contributed by atoms with Crippen molar-refractivity contribution in [2.75, 3.05) is 18.2 Å². The van der Waals surface area contributed by atoms with E-state index in [-0.39, 0.29) is 29.0 Å². The molecule has 188 valence electrons. The number of carbonyl (C=O) groups excluding carboxylic acids is 1. The van der Waals surface area contributed by atoms with E-state index in [9.17, 15) is 9.59 Å². The van der Waals surface area contributed by atoms with Crippen LogP contribution < -0.4 is 20.3 Å². The van der Waals surface area contributed by atoms with Gasteiger partial charge < -0.3 is 19.4 Å². The number of methoxy groups -OCH3 is 1. The molecule has 0 saturated carbocycles. The molecule has 2 aromatic carbocycles. The van der Waals surface area contributed by atoms with Crippen LogP contribution in [0.3, 0.4) is 0 Å². The Morgan fingerprint density at radius 3 is 2.39 bits per heavy atom. The fourth-order valence-corrected chi connectivity index (χ4v) is 4.45. The highest BCUT2D eigenvalue weighted by atomic mass is 32.2. The first-order valence-electron chi connectivity index (χ1n) is 11.3. The van der Waals surface area contributed by atoms with Crippen molar-refractivity contribution in [3.63, 3.8) is 0 Å². The summed E-state index contributed by atoms with van der Waals surface area (Å²) in [6, 6.07) is 16.6. The third kappa shape index (κ3) is 5.15. The number of nitrogens with one attached hydrogen (secondary N) is 1. The lowest BCUT2D eigenvalue weighted by atomic mass is 10.3. The minimum atomic E-state index is -0.359. The predicted octanol–water partition coefficient (Wildman–Crippen LogP) is 3.49. The Kier molecular flexibility index (Phi) is 7.49. The van der Waals surface area contributed by atoms with E-state index in [4.69, 9.17) is 9.47 Å². The first-order chi connectivity index (χ1) is 17.3. The first-order valence-corrected chi connectivity index (χ1v) is 12.3. The largest absolute Gasteiger partial charge is 0.497 e. The lowest BCUT2D eigenvalue weighted by molar-refractivity contribution is -0.113. The normalized spacial score (nSPS) is 11.8. The van der Waals surface area contributed by atoms with E-state index in [1.54, 1.807) is 30.3 Å². The second-order valence-corrected chi connectivity index (χ2v) is 9.05. The molecule has 0 spiro atoms. The molecule has 0 saturated heterocycles. The van der Waals surface area contributed by atoms with Gasteiger partial charge in [-0.2, -0.15) is 0 Å². The van der Waals surface area contributed by atoms with Crippen molar-refractivity contribution in [2.45, 2.75) is 25.1 Å². The van der Waals surface area contributed by atoms with Gasteiger partial charge in [0, 0.05) is 14.1 Å². The average Bonchev–Trinajstić information content (AvgIpc) is 3.35. The molecule has 0 aliphatic heterocycles. The number of thioether (sulfide) groups is 1. The zero-order chi connectivity index (χ0) is 25.8. The topological polar surface area (TPSA) is 105 Å². The lowest BCUT2D eigenvalue weighted by Crippen LogP contribution is -2.23. The predicted molar refractivity (Wildman–Crippen MR) is 138 cm³/mol. The number of para-hydroxylation sites is 1. The summed E-state index contributed by atoms with van der Waals surface area (Å²) in [4.78, 5) is 25.7. The van der Waals surface area contributed by atoms with Crippen LogP contribution in [0.15, 0.2) is 64.5 Å². The Morgan fingerprint density at radius 1 is 1.06 bits per heavy atom.